The Morgan fingerprint density at radius 2 is 0.596 bits per heavy atom. The van der Waals surface area contributed by atoms with Crippen molar-refractivity contribution in [3.63, 3.8) is 0 Å². The van der Waals surface area contributed by atoms with Crippen LogP contribution in [0, 0.1) is 96.6 Å². The maximum atomic E-state index is 12.5. The number of carbonyl (C=O) groups is 13. The Morgan fingerprint density at radius 3 is 0.919 bits per heavy atom. The lowest BCUT2D eigenvalue weighted by molar-refractivity contribution is -0.338. The van der Waals surface area contributed by atoms with E-state index in [9.17, 15) is 62.3 Å². The van der Waals surface area contributed by atoms with E-state index >= 15 is 0 Å². The van der Waals surface area contributed by atoms with Gasteiger partial charge in [-0.05, 0) is 364 Å². The molecule has 27 heteroatoms. The van der Waals surface area contributed by atoms with Gasteiger partial charge in [-0.3, -0.25) is 38.4 Å². The molecule has 8 bridgehead atoms. The van der Waals surface area contributed by atoms with Gasteiger partial charge in [-0.1, -0.05) is 126 Å². The van der Waals surface area contributed by atoms with Gasteiger partial charge in [-0.25, -0.2) is 24.0 Å². The SMILES string of the molecule is C.C.CCC(C)(C)C(=O)OC(C)(C)C(=O)OC(C)(C)C(C)C.CCC(C)(C)C(=O)OC(C)OC12CC3CC4C5CC(CC41)CC2C5C3.CCC(C)(C)C(=O)OCC(=O)OC(C)(C)C.CCC(C)(C)C(=O)OCC(=O)OC(C)(C)C(C)(C)C.CCC(C)(C)C(=O)OCC(=O)OC(C)(C)C(C)C.CCC(C)(C)OC(=O)CCCOC(=O)C(C)(C)CC.CCC(C)(C)OC(=O)COC(=O)C(C)(C)CC. The number of hydrogen-bond donors (Lipinski definition) is 0. The largest absolute Gasteiger partial charge is 0.465 e. The average molecular weight is 1940 g/mol. The van der Waals surface area contributed by atoms with Crippen LogP contribution in [0.15, 0.2) is 0 Å². The van der Waals surface area contributed by atoms with E-state index in [1.54, 1.807) is 104 Å². The van der Waals surface area contributed by atoms with E-state index in [0.717, 1.165) is 60.7 Å². The molecule has 7 aliphatic carbocycles. The van der Waals surface area contributed by atoms with E-state index in [-0.39, 0.29) is 125 Å². The van der Waals surface area contributed by atoms with Gasteiger partial charge in [0.15, 0.2) is 26.4 Å². The van der Waals surface area contributed by atoms with Crippen LogP contribution in [0.5, 0.6) is 0 Å². The molecule has 7 aliphatic rings. The molecule has 136 heavy (non-hydrogen) atoms. The van der Waals surface area contributed by atoms with Gasteiger partial charge >= 0.3 is 77.6 Å². The molecule has 27 nitrogen and oxygen atoms in total. The summed E-state index contributed by atoms with van der Waals surface area (Å²) in [7, 11) is 0. The van der Waals surface area contributed by atoms with Gasteiger partial charge in [0.25, 0.3) is 0 Å². The fourth-order valence-electron chi connectivity index (χ4n) is 13.6. The molecule has 0 radical (unpaired) electrons. The molecule has 0 amide bonds. The van der Waals surface area contributed by atoms with Crippen molar-refractivity contribution >= 4 is 77.6 Å². The first-order valence-electron chi connectivity index (χ1n) is 49.6. The van der Waals surface area contributed by atoms with Crippen LogP contribution in [0.25, 0.3) is 0 Å². The lowest BCUT2D eigenvalue weighted by Crippen LogP contribution is -2.72. The number of rotatable bonds is 40. The molecule has 0 heterocycles. The van der Waals surface area contributed by atoms with Crippen LogP contribution in [0.4, 0.5) is 0 Å². The Morgan fingerprint density at radius 1 is 0.301 bits per heavy atom. The summed E-state index contributed by atoms with van der Waals surface area (Å²) in [6, 6.07) is 0. The second-order valence-electron chi connectivity index (χ2n) is 47.8. The minimum Gasteiger partial charge on any atom is -0.465 e. The summed E-state index contributed by atoms with van der Waals surface area (Å²) in [4.78, 5) is 153. The summed E-state index contributed by atoms with van der Waals surface area (Å²) in [6.45, 7) is 84.7. The van der Waals surface area contributed by atoms with E-state index in [1.165, 1.54) is 38.5 Å². The quantitative estimate of drug-likeness (QED) is 0.0238. The number of hydrogen-bond acceptors (Lipinski definition) is 27. The van der Waals surface area contributed by atoms with Crippen molar-refractivity contribution in [2.24, 2.45) is 96.6 Å². The standard InChI is InChI=1S/C22H34O3.C16H30O4.2C15H28O4.C14H26O4.C13H24O4.C12H22O4.2CH4/c1-5-21(3,4)20(23)24-12(2)25-22-11-14-7-16-15-6-13(9-18(16)22)10-19(22)17(15)8-14;1-10-14(4,5)12(17)19-16(8,9)13(18)20-15(6,7)11(2)3;1-9-14(5,6)12(17)18-10-11(16)19-15(7,8)13(2,3)4;1-7-14(3,4)13(17)18-11-9-10-12(16)19-15(5,6)8-2;1-8-13(4,5)12(16)17-9-11(15)18-14(6,7)10(2)3;1-7-12(3,4)11(15)16-9-10(14)17-13(5,6)8-2;1-7-12(5,6)10(14)15-8-9(13)16-11(2,3)4;;/h12-19H,5-11H2,1-4H3;11H,10H2,1-9H3;9-10H2,1-8H3;7-11H2,1-6H3;10H,8-9H2,1-7H3;7-9H2,1-6H3;7-8H2,1-6H3;2*1H4. The van der Waals surface area contributed by atoms with Crippen molar-refractivity contribution in [1.82, 2.24) is 0 Å². The molecule has 0 saturated heterocycles. The summed E-state index contributed by atoms with van der Waals surface area (Å²) in [5.74, 6) is 1.47. The summed E-state index contributed by atoms with van der Waals surface area (Å²) in [5.41, 5.74) is -8.40. The van der Waals surface area contributed by atoms with Crippen molar-refractivity contribution in [3.8, 4) is 0 Å². The van der Waals surface area contributed by atoms with E-state index in [2.05, 4.69) is 0 Å². The number of ether oxygens (including phenoxy) is 14. The zero-order valence-corrected chi connectivity index (χ0v) is 92.9. The fourth-order valence-corrected chi connectivity index (χ4v) is 13.6. The second kappa shape index (κ2) is 54.9. The highest BCUT2D eigenvalue weighted by atomic mass is 16.7. The average Bonchev–Trinajstić information content (AvgIpc) is 0.672. The van der Waals surface area contributed by atoms with Gasteiger partial charge < -0.3 is 66.3 Å². The Balaban J connectivity index is -0.000000750. The molecule has 0 spiro atoms. The molecule has 7 saturated carbocycles. The molecule has 0 aliphatic heterocycles. The van der Waals surface area contributed by atoms with Gasteiger partial charge in [-0.2, -0.15) is 0 Å². The Bertz CT molecular complexity index is 3740. The lowest BCUT2D eigenvalue weighted by atomic mass is 9.34. The third-order valence-electron chi connectivity index (χ3n) is 29.2. The highest BCUT2D eigenvalue weighted by Crippen LogP contribution is 2.74. The Hall–Kier alpha value is -6.93. The van der Waals surface area contributed by atoms with E-state index < -0.39 is 113 Å². The van der Waals surface area contributed by atoms with Crippen molar-refractivity contribution in [1.29, 1.82) is 0 Å². The van der Waals surface area contributed by atoms with Gasteiger partial charge in [0.1, 0.15) is 33.6 Å². The normalized spacial score (nSPS) is 19.3. The predicted octanol–water partition coefficient (Wildman–Crippen LogP) is 24.5. The molecule has 798 valence electrons. The molecule has 5 atom stereocenters. The summed E-state index contributed by atoms with van der Waals surface area (Å²) in [6.07, 6.45) is 15.1. The molecule has 5 unspecified atom stereocenters. The smallest absolute Gasteiger partial charge is 0.350 e. The van der Waals surface area contributed by atoms with Crippen molar-refractivity contribution in [2.45, 2.75) is 494 Å². The van der Waals surface area contributed by atoms with Crippen molar-refractivity contribution < 1.29 is 129 Å². The predicted molar refractivity (Wildman–Crippen MR) is 534 cm³/mol. The minimum atomic E-state index is -1.28. The van der Waals surface area contributed by atoms with Crippen LogP contribution in [0.3, 0.4) is 0 Å². The molecule has 0 aromatic rings. The highest BCUT2D eigenvalue weighted by molar-refractivity contribution is 5.85. The monoisotopic (exact) mass is 1940 g/mol. The van der Waals surface area contributed by atoms with E-state index in [1.807, 2.05) is 215 Å². The van der Waals surface area contributed by atoms with Gasteiger partial charge in [-0.15, -0.1) is 0 Å². The van der Waals surface area contributed by atoms with Crippen LogP contribution in [0.1, 0.15) is 442 Å². The third-order valence-corrected chi connectivity index (χ3v) is 29.2. The van der Waals surface area contributed by atoms with Crippen LogP contribution in [-0.4, -0.2) is 162 Å². The molecule has 0 aromatic carbocycles. The molecule has 7 rings (SSSR count). The topological polar surface area (TPSA) is 351 Å². The summed E-state index contributed by atoms with van der Waals surface area (Å²) in [5, 5.41) is 0. The van der Waals surface area contributed by atoms with Crippen LogP contribution < -0.4 is 0 Å². The molecule has 0 aromatic heterocycles. The molecular weight excluding hydrogens is 1740 g/mol. The maximum Gasteiger partial charge on any atom is 0.350 e. The van der Waals surface area contributed by atoms with E-state index in [4.69, 9.17) is 66.3 Å². The van der Waals surface area contributed by atoms with E-state index in [0.29, 0.717) is 44.9 Å². The fraction of sp³-hybridized carbons (Fsp3) is 0.881. The first-order valence-corrected chi connectivity index (χ1v) is 49.6. The maximum absolute atomic E-state index is 12.5. The van der Waals surface area contributed by atoms with Crippen LogP contribution in [0.2, 0.25) is 0 Å². The van der Waals surface area contributed by atoms with Gasteiger partial charge in [0, 0.05) is 11.8 Å². The van der Waals surface area contributed by atoms with Crippen LogP contribution in [-0.2, 0) is 129 Å². The molecule has 0 N–H and O–H groups in total. The lowest BCUT2D eigenvalue weighted by Gasteiger charge is -2.74. The zero-order valence-electron chi connectivity index (χ0n) is 92.9. The highest BCUT2D eigenvalue weighted by Gasteiger charge is 2.71. The Labute approximate surface area is 825 Å². The van der Waals surface area contributed by atoms with Gasteiger partial charge in [0.2, 0.25) is 11.9 Å². The van der Waals surface area contributed by atoms with Crippen molar-refractivity contribution in [3.05, 3.63) is 0 Å². The second-order valence-corrected chi connectivity index (χ2v) is 47.8. The minimum absolute atomic E-state index is 0. The molecular formula is C109H200O27. The zero-order chi connectivity index (χ0) is 106. The first kappa shape index (κ1) is 135. The summed E-state index contributed by atoms with van der Waals surface area (Å²) < 4.78 is 74.5. The Kier molecular flexibility index (Phi) is 54.6. The summed E-state index contributed by atoms with van der Waals surface area (Å²) >= 11 is 0. The third kappa shape index (κ3) is 44.5. The van der Waals surface area contributed by atoms with Crippen molar-refractivity contribution in [2.75, 3.05) is 33.0 Å². The molecule has 7 fully saturated rings. The number of carbonyl (C=O) groups excluding carboxylic acids is 13. The number of esters is 13. The first-order chi connectivity index (χ1) is 60.3. The van der Waals surface area contributed by atoms with Crippen LogP contribution >= 0.6 is 0 Å². The van der Waals surface area contributed by atoms with Gasteiger partial charge in [0.05, 0.1) is 50.1 Å².